The highest BCUT2D eigenvalue weighted by molar-refractivity contribution is 5.94. The van der Waals surface area contributed by atoms with Gasteiger partial charge in [0.15, 0.2) is 0 Å². The second kappa shape index (κ2) is 6.90. The Morgan fingerprint density at radius 1 is 1.14 bits per heavy atom. The Morgan fingerprint density at radius 3 is 2.33 bits per heavy atom. The van der Waals surface area contributed by atoms with E-state index in [2.05, 4.69) is 0 Å². The highest BCUT2D eigenvalue weighted by Gasteiger charge is 2.16. The Hall–Kier alpha value is -2.33. The summed E-state index contributed by atoms with van der Waals surface area (Å²) in [4.78, 5) is 13.7. The number of hydrogen-bond acceptors (Lipinski definition) is 3. The highest BCUT2D eigenvalue weighted by atomic mass is 16.5. The molecule has 1 atom stereocenters. The van der Waals surface area contributed by atoms with Gasteiger partial charge in [-0.1, -0.05) is 30.3 Å². The van der Waals surface area contributed by atoms with Crippen LogP contribution in [0.4, 0.5) is 0 Å². The molecule has 0 saturated carbocycles. The largest absolute Gasteiger partial charge is 0.497 e. The number of methoxy groups -OCH3 is 1. The SMILES string of the molecule is COc1ccc(C(O)CN(C)C(=O)c2ccccc2)cc1. The van der Waals surface area contributed by atoms with Crippen molar-refractivity contribution in [1.29, 1.82) is 0 Å². The van der Waals surface area contributed by atoms with Crippen molar-refractivity contribution in [3.05, 3.63) is 65.7 Å². The minimum absolute atomic E-state index is 0.108. The van der Waals surface area contributed by atoms with Gasteiger partial charge in [-0.15, -0.1) is 0 Å². The molecule has 2 rings (SSSR count). The van der Waals surface area contributed by atoms with Crippen molar-refractivity contribution in [2.75, 3.05) is 20.7 Å². The molecule has 0 heterocycles. The van der Waals surface area contributed by atoms with Crippen LogP contribution in [0.5, 0.6) is 5.75 Å². The minimum Gasteiger partial charge on any atom is -0.497 e. The summed E-state index contributed by atoms with van der Waals surface area (Å²) in [6.45, 7) is 0.236. The molecule has 2 aromatic carbocycles. The minimum atomic E-state index is -0.728. The number of amides is 1. The first-order valence-corrected chi connectivity index (χ1v) is 6.74. The van der Waals surface area contributed by atoms with Gasteiger partial charge in [0.05, 0.1) is 19.8 Å². The van der Waals surface area contributed by atoms with Crippen LogP contribution in [-0.4, -0.2) is 36.6 Å². The fourth-order valence-corrected chi connectivity index (χ4v) is 2.07. The van der Waals surface area contributed by atoms with Gasteiger partial charge in [0.2, 0.25) is 0 Å². The molecule has 0 aliphatic heterocycles. The van der Waals surface area contributed by atoms with E-state index in [1.54, 1.807) is 50.6 Å². The number of rotatable bonds is 5. The predicted octanol–water partition coefficient (Wildman–Crippen LogP) is 2.50. The van der Waals surface area contributed by atoms with Crippen LogP contribution in [0.15, 0.2) is 54.6 Å². The molecule has 0 aromatic heterocycles. The van der Waals surface area contributed by atoms with Gasteiger partial charge in [0.1, 0.15) is 5.75 Å². The maximum absolute atomic E-state index is 12.2. The van der Waals surface area contributed by atoms with E-state index in [4.69, 9.17) is 4.74 Å². The molecule has 0 aliphatic carbocycles. The lowest BCUT2D eigenvalue weighted by molar-refractivity contribution is 0.0681. The molecule has 0 spiro atoms. The Labute approximate surface area is 124 Å². The summed E-state index contributed by atoms with van der Waals surface area (Å²) >= 11 is 0. The van der Waals surface area contributed by atoms with Gasteiger partial charge >= 0.3 is 0 Å². The van der Waals surface area contributed by atoms with Crippen LogP contribution >= 0.6 is 0 Å². The molecule has 110 valence electrons. The predicted molar refractivity (Wildman–Crippen MR) is 81.4 cm³/mol. The highest BCUT2D eigenvalue weighted by Crippen LogP contribution is 2.18. The summed E-state index contributed by atoms with van der Waals surface area (Å²) < 4.78 is 5.08. The fraction of sp³-hybridized carbons (Fsp3) is 0.235. The number of likely N-dealkylation sites (N-methyl/N-ethyl adjacent to an activating group) is 1. The van der Waals surface area contributed by atoms with Crippen molar-refractivity contribution in [3.8, 4) is 5.75 Å². The molecule has 4 nitrogen and oxygen atoms in total. The number of nitrogens with zero attached hydrogens (tertiary/aromatic N) is 1. The van der Waals surface area contributed by atoms with Crippen molar-refractivity contribution in [3.63, 3.8) is 0 Å². The van der Waals surface area contributed by atoms with E-state index in [1.807, 2.05) is 18.2 Å². The second-order valence-electron chi connectivity index (χ2n) is 4.84. The van der Waals surface area contributed by atoms with Gasteiger partial charge in [0.25, 0.3) is 5.91 Å². The van der Waals surface area contributed by atoms with Crippen molar-refractivity contribution < 1.29 is 14.6 Å². The Bertz CT molecular complexity index is 581. The van der Waals surface area contributed by atoms with E-state index in [9.17, 15) is 9.90 Å². The van der Waals surface area contributed by atoms with E-state index in [1.165, 1.54) is 4.90 Å². The summed E-state index contributed by atoms with van der Waals surface area (Å²) in [6, 6.07) is 16.2. The van der Waals surface area contributed by atoms with Gasteiger partial charge in [0, 0.05) is 12.6 Å². The second-order valence-corrected chi connectivity index (χ2v) is 4.84. The van der Waals surface area contributed by atoms with Crippen molar-refractivity contribution >= 4 is 5.91 Å². The smallest absolute Gasteiger partial charge is 0.253 e. The summed E-state index contributed by atoms with van der Waals surface area (Å²) in [5.74, 6) is 0.628. The number of ether oxygens (including phenoxy) is 1. The lowest BCUT2D eigenvalue weighted by atomic mass is 10.1. The molecule has 0 radical (unpaired) electrons. The molecule has 2 aromatic rings. The monoisotopic (exact) mass is 285 g/mol. The first kappa shape index (κ1) is 15.1. The average molecular weight is 285 g/mol. The molecule has 21 heavy (non-hydrogen) atoms. The summed E-state index contributed by atoms with van der Waals surface area (Å²) in [6.07, 6.45) is -0.728. The van der Waals surface area contributed by atoms with Crippen LogP contribution in [0.3, 0.4) is 0 Å². The Balaban J connectivity index is 2.01. The molecule has 1 unspecified atom stereocenters. The Kier molecular flexibility index (Phi) is 4.95. The quantitative estimate of drug-likeness (QED) is 0.918. The third-order valence-corrected chi connectivity index (χ3v) is 3.31. The maximum atomic E-state index is 12.2. The fourth-order valence-electron chi connectivity index (χ4n) is 2.07. The van der Waals surface area contributed by atoms with Gasteiger partial charge < -0.3 is 14.7 Å². The first-order chi connectivity index (χ1) is 10.1. The van der Waals surface area contributed by atoms with E-state index < -0.39 is 6.10 Å². The van der Waals surface area contributed by atoms with Gasteiger partial charge in [-0.3, -0.25) is 4.79 Å². The number of aliphatic hydroxyl groups excluding tert-OH is 1. The molecule has 0 fully saturated rings. The summed E-state index contributed by atoms with van der Waals surface area (Å²) in [7, 11) is 3.28. The van der Waals surface area contributed by atoms with Gasteiger partial charge in [-0.25, -0.2) is 0 Å². The number of carbonyl (C=O) groups excluding carboxylic acids is 1. The normalized spacial score (nSPS) is 11.8. The third-order valence-electron chi connectivity index (χ3n) is 3.31. The van der Waals surface area contributed by atoms with Gasteiger partial charge in [-0.2, -0.15) is 0 Å². The van der Waals surface area contributed by atoms with Crippen LogP contribution in [0.2, 0.25) is 0 Å². The lowest BCUT2D eigenvalue weighted by Gasteiger charge is -2.21. The zero-order valence-corrected chi connectivity index (χ0v) is 12.2. The number of hydrogen-bond donors (Lipinski definition) is 1. The summed E-state index contributed by atoms with van der Waals surface area (Å²) in [5.41, 5.74) is 1.37. The molecular formula is C17H19NO3. The topological polar surface area (TPSA) is 49.8 Å². The number of benzene rings is 2. The Morgan fingerprint density at radius 2 is 1.76 bits per heavy atom. The molecule has 1 N–H and O–H groups in total. The standard InChI is InChI=1S/C17H19NO3/c1-18(17(20)14-6-4-3-5-7-14)12-16(19)13-8-10-15(21-2)11-9-13/h3-11,16,19H,12H2,1-2H3. The molecular weight excluding hydrogens is 266 g/mol. The van der Waals surface area contributed by atoms with Crippen LogP contribution in [0.1, 0.15) is 22.0 Å². The van der Waals surface area contributed by atoms with E-state index in [0.29, 0.717) is 5.56 Å². The van der Waals surface area contributed by atoms with E-state index >= 15 is 0 Å². The van der Waals surface area contributed by atoms with E-state index in [-0.39, 0.29) is 12.5 Å². The van der Waals surface area contributed by atoms with Crippen molar-refractivity contribution in [2.45, 2.75) is 6.10 Å². The maximum Gasteiger partial charge on any atom is 0.253 e. The summed E-state index contributed by atoms with van der Waals surface area (Å²) in [5, 5.41) is 10.2. The molecule has 0 saturated heterocycles. The zero-order chi connectivity index (χ0) is 15.2. The van der Waals surface area contributed by atoms with Crippen LogP contribution in [0.25, 0.3) is 0 Å². The third kappa shape index (κ3) is 3.83. The van der Waals surface area contributed by atoms with Crippen LogP contribution in [-0.2, 0) is 0 Å². The molecule has 0 aliphatic rings. The zero-order valence-electron chi connectivity index (χ0n) is 12.2. The average Bonchev–Trinajstić information content (AvgIpc) is 2.55. The van der Waals surface area contributed by atoms with Crippen molar-refractivity contribution in [1.82, 2.24) is 4.90 Å². The first-order valence-electron chi connectivity index (χ1n) is 6.74. The number of carbonyl (C=O) groups is 1. The van der Waals surface area contributed by atoms with E-state index in [0.717, 1.165) is 11.3 Å². The molecule has 0 bridgehead atoms. The van der Waals surface area contributed by atoms with Crippen molar-refractivity contribution in [2.24, 2.45) is 0 Å². The van der Waals surface area contributed by atoms with Crippen LogP contribution < -0.4 is 4.74 Å². The number of aliphatic hydroxyl groups is 1. The molecule has 1 amide bonds. The lowest BCUT2D eigenvalue weighted by Crippen LogP contribution is -2.31. The van der Waals surface area contributed by atoms with Gasteiger partial charge in [-0.05, 0) is 29.8 Å². The molecule has 4 heteroatoms. The van der Waals surface area contributed by atoms with Crippen LogP contribution in [0, 0.1) is 0 Å².